The lowest BCUT2D eigenvalue weighted by atomic mass is 9.93. The maximum atomic E-state index is 10.2. The Hall–Kier alpha value is -1.12. The third kappa shape index (κ3) is 3.28. The van der Waals surface area contributed by atoms with E-state index in [4.69, 9.17) is 16.3 Å². The molecule has 3 rings (SSSR count). The first-order chi connectivity index (χ1) is 10.7. The largest absolute Gasteiger partial charge is 0.393 e. The van der Waals surface area contributed by atoms with Gasteiger partial charge in [0.1, 0.15) is 0 Å². The van der Waals surface area contributed by atoms with E-state index in [9.17, 15) is 10.4 Å². The number of morpholine rings is 1. The van der Waals surface area contributed by atoms with Crippen molar-refractivity contribution in [3.8, 4) is 6.07 Å². The van der Waals surface area contributed by atoms with Gasteiger partial charge in [-0.2, -0.15) is 5.26 Å². The molecule has 4 nitrogen and oxygen atoms in total. The molecule has 3 atom stereocenters. The third-order valence-corrected chi connectivity index (χ3v) is 5.11. The molecular formula is C17H21ClN2O2. The number of hydrogen-bond acceptors (Lipinski definition) is 4. The van der Waals surface area contributed by atoms with Gasteiger partial charge in [0.05, 0.1) is 31.0 Å². The van der Waals surface area contributed by atoms with Crippen LogP contribution in [0, 0.1) is 17.2 Å². The van der Waals surface area contributed by atoms with Crippen molar-refractivity contribution in [2.75, 3.05) is 19.8 Å². The SMILES string of the molecule is N#Cc1cc(Cl)ccc1CN1CCOC[C@@H]1[C@@H]1CCC[C@H]1O. The minimum Gasteiger partial charge on any atom is -0.393 e. The molecule has 0 radical (unpaired) electrons. The summed E-state index contributed by atoms with van der Waals surface area (Å²) in [4.78, 5) is 2.35. The molecule has 0 amide bonds. The predicted octanol–water partition coefficient (Wildman–Crippen LogP) is 2.57. The molecule has 2 aliphatic rings. The van der Waals surface area contributed by atoms with Crippen LogP contribution in [0.3, 0.4) is 0 Å². The van der Waals surface area contributed by atoms with Gasteiger partial charge in [0.2, 0.25) is 0 Å². The summed E-state index contributed by atoms with van der Waals surface area (Å²) in [5, 5.41) is 20.1. The van der Waals surface area contributed by atoms with Crippen LogP contribution in [0.25, 0.3) is 0 Å². The highest BCUT2D eigenvalue weighted by molar-refractivity contribution is 6.30. The fourth-order valence-electron chi connectivity index (χ4n) is 3.68. The van der Waals surface area contributed by atoms with Crippen LogP contribution in [-0.2, 0) is 11.3 Å². The van der Waals surface area contributed by atoms with Gasteiger partial charge in [-0.05, 0) is 30.5 Å². The van der Waals surface area contributed by atoms with Crippen LogP contribution in [0.2, 0.25) is 5.02 Å². The van der Waals surface area contributed by atoms with Gasteiger partial charge < -0.3 is 9.84 Å². The first-order valence-corrected chi connectivity index (χ1v) is 8.25. The van der Waals surface area contributed by atoms with Crippen LogP contribution in [0.1, 0.15) is 30.4 Å². The van der Waals surface area contributed by atoms with Crippen LogP contribution < -0.4 is 0 Å². The van der Waals surface area contributed by atoms with Crippen molar-refractivity contribution < 1.29 is 9.84 Å². The van der Waals surface area contributed by atoms with Crippen LogP contribution in [-0.4, -0.2) is 41.9 Å². The molecular weight excluding hydrogens is 300 g/mol. The molecule has 1 heterocycles. The maximum Gasteiger partial charge on any atom is 0.0995 e. The number of nitrogens with zero attached hydrogens (tertiary/aromatic N) is 2. The molecule has 5 heteroatoms. The van der Waals surface area contributed by atoms with E-state index >= 15 is 0 Å². The number of rotatable bonds is 3. The molecule has 0 bridgehead atoms. The smallest absolute Gasteiger partial charge is 0.0995 e. The lowest BCUT2D eigenvalue weighted by Crippen LogP contribution is -2.50. The van der Waals surface area contributed by atoms with Crippen LogP contribution >= 0.6 is 11.6 Å². The molecule has 0 aromatic heterocycles. The average molecular weight is 321 g/mol. The van der Waals surface area contributed by atoms with E-state index in [-0.39, 0.29) is 18.1 Å². The van der Waals surface area contributed by atoms with Crippen molar-refractivity contribution in [3.05, 3.63) is 34.3 Å². The molecule has 1 N–H and O–H groups in total. The van der Waals surface area contributed by atoms with E-state index in [1.54, 1.807) is 6.07 Å². The monoisotopic (exact) mass is 320 g/mol. The number of nitriles is 1. The quantitative estimate of drug-likeness (QED) is 0.930. The summed E-state index contributed by atoms with van der Waals surface area (Å²) >= 11 is 5.97. The molecule has 1 aromatic rings. The van der Waals surface area contributed by atoms with E-state index in [1.165, 1.54) is 0 Å². The van der Waals surface area contributed by atoms with Crippen molar-refractivity contribution in [3.63, 3.8) is 0 Å². The highest BCUT2D eigenvalue weighted by Crippen LogP contribution is 2.33. The zero-order valence-corrected chi connectivity index (χ0v) is 13.3. The standard InChI is InChI=1S/C17H21ClN2O2/c18-14-5-4-12(13(8-14)9-19)10-20-6-7-22-11-16(20)15-2-1-3-17(15)21/h4-5,8,15-17,21H,1-3,6-7,10-11H2/t15-,16+,17+/m0/s1. The van der Waals surface area contributed by atoms with Crippen molar-refractivity contribution >= 4 is 11.6 Å². The summed E-state index contributed by atoms with van der Waals surface area (Å²) in [5.74, 6) is 0.276. The molecule has 1 saturated carbocycles. The van der Waals surface area contributed by atoms with Crippen LogP contribution in [0.15, 0.2) is 18.2 Å². The zero-order valence-electron chi connectivity index (χ0n) is 12.5. The Bertz CT molecular complexity index is 572. The van der Waals surface area contributed by atoms with Gasteiger partial charge in [0.25, 0.3) is 0 Å². The molecule has 1 saturated heterocycles. The Morgan fingerprint density at radius 2 is 2.27 bits per heavy atom. The Kier molecular flexibility index (Phi) is 5.00. The minimum absolute atomic E-state index is 0.227. The summed E-state index contributed by atoms with van der Waals surface area (Å²) < 4.78 is 5.65. The molecule has 0 unspecified atom stereocenters. The number of aliphatic hydroxyl groups is 1. The van der Waals surface area contributed by atoms with Crippen molar-refractivity contribution in [2.45, 2.75) is 38.0 Å². The summed E-state index contributed by atoms with van der Waals surface area (Å²) in [6.45, 7) is 2.91. The molecule has 22 heavy (non-hydrogen) atoms. The molecule has 118 valence electrons. The fraction of sp³-hybridized carbons (Fsp3) is 0.588. The topological polar surface area (TPSA) is 56.5 Å². The highest BCUT2D eigenvalue weighted by atomic mass is 35.5. The number of benzene rings is 1. The Morgan fingerprint density at radius 1 is 1.41 bits per heavy atom. The van der Waals surface area contributed by atoms with Gasteiger partial charge in [0, 0.05) is 30.1 Å². The second-order valence-corrected chi connectivity index (χ2v) is 6.62. The van der Waals surface area contributed by atoms with Gasteiger partial charge in [-0.3, -0.25) is 4.90 Å². The van der Waals surface area contributed by atoms with Gasteiger partial charge in [0.15, 0.2) is 0 Å². The Balaban J connectivity index is 1.78. The van der Waals surface area contributed by atoms with Gasteiger partial charge >= 0.3 is 0 Å². The molecule has 0 spiro atoms. The molecule has 2 fully saturated rings. The Labute approximate surface area is 136 Å². The maximum absolute atomic E-state index is 10.2. The number of hydrogen-bond donors (Lipinski definition) is 1. The summed E-state index contributed by atoms with van der Waals surface area (Å²) in [5.41, 5.74) is 1.62. The van der Waals surface area contributed by atoms with Gasteiger partial charge in [-0.25, -0.2) is 0 Å². The number of ether oxygens (including phenoxy) is 1. The van der Waals surface area contributed by atoms with Crippen molar-refractivity contribution in [2.24, 2.45) is 5.92 Å². The van der Waals surface area contributed by atoms with E-state index in [0.29, 0.717) is 30.3 Å². The second-order valence-electron chi connectivity index (χ2n) is 6.19. The van der Waals surface area contributed by atoms with E-state index in [2.05, 4.69) is 11.0 Å². The predicted molar refractivity (Wildman–Crippen MR) is 84.5 cm³/mol. The van der Waals surface area contributed by atoms with E-state index in [0.717, 1.165) is 31.4 Å². The average Bonchev–Trinajstić information content (AvgIpc) is 2.95. The zero-order chi connectivity index (χ0) is 15.5. The summed E-state index contributed by atoms with van der Waals surface area (Å²) in [6, 6.07) is 7.94. The lowest BCUT2D eigenvalue weighted by Gasteiger charge is -2.40. The first-order valence-electron chi connectivity index (χ1n) is 7.87. The fourth-order valence-corrected chi connectivity index (χ4v) is 3.85. The van der Waals surface area contributed by atoms with Gasteiger partial charge in [-0.15, -0.1) is 0 Å². The van der Waals surface area contributed by atoms with Crippen LogP contribution in [0.4, 0.5) is 0 Å². The van der Waals surface area contributed by atoms with Crippen LogP contribution in [0.5, 0.6) is 0 Å². The summed E-state index contributed by atoms with van der Waals surface area (Å²) in [6.07, 6.45) is 2.80. The van der Waals surface area contributed by atoms with Crippen molar-refractivity contribution in [1.29, 1.82) is 5.26 Å². The lowest BCUT2D eigenvalue weighted by molar-refractivity contribution is -0.0536. The second kappa shape index (κ2) is 6.97. The first kappa shape index (κ1) is 15.8. The third-order valence-electron chi connectivity index (χ3n) is 4.87. The normalized spacial score (nSPS) is 29.4. The number of aliphatic hydroxyl groups excluding tert-OH is 1. The van der Waals surface area contributed by atoms with Gasteiger partial charge in [-0.1, -0.05) is 24.1 Å². The van der Waals surface area contributed by atoms with E-state index in [1.807, 2.05) is 12.1 Å². The minimum atomic E-state index is -0.227. The van der Waals surface area contributed by atoms with Crippen molar-refractivity contribution in [1.82, 2.24) is 4.90 Å². The molecule has 1 aromatic carbocycles. The molecule has 1 aliphatic carbocycles. The molecule has 1 aliphatic heterocycles. The van der Waals surface area contributed by atoms with E-state index < -0.39 is 0 Å². The Morgan fingerprint density at radius 3 is 3.00 bits per heavy atom. The highest BCUT2D eigenvalue weighted by Gasteiger charge is 2.37. The number of halogens is 1. The summed E-state index contributed by atoms with van der Waals surface area (Å²) in [7, 11) is 0.